The number of esters is 2. The van der Waals surface area contributed by atoms with Gasteiger partial charge in [0.15, 0.2) is 0 Å². The van der Waals surface area contributed by atoms with Gasteiger partial charge < -0.3 is 24.8 Å². The molecular formula is C40H48O7. The number of benzene rings is 4. The van der Waals surface area contributed by atoms with Crippen LogP contribution in [0.1, 0.15) is 97.2 Å². The van der Waals surface area contributed by atoms with Gasteiger partial charge in [-0.1, -0.05) is 101 Å². The van der Waals surface area contributed by atoms with Gasteiger partial charge in [0.1, 0.15) is 41.1 Å². The average Bonchev–Trinajstić information content (AvgIpc) is 3.01. The van der Waals surface area contributed by atoms with Crippen LogP contribution in [0.2, 0.25) is 0 Å². The Morgan fingerprint density at radius 2 is 1.26 bits per heavy atom. The number of para-hydroxylation sites is 3. The van der Waals surface area contributed by atoms with Crippen LogP contribution in [-0.4, -0.2) is 33.4 Å². The molecular weight excluding hydrogens is 592 g/mol. The number of aryl methyl sites for hydroxylation is 1. The van der Waals surface area contributed by atoms with E-state index in [2.05, 4.69) is 34.6 Å². The van der Waals surface area contributed by atoms with Crippen molar-refractivity contribution in [3.8, 4) is 17.2 Å². The Morgan fingerprint density at radius 1 is 0.745 bits per heavy atom. The molecule has 250 valence electrons. The number of phenolic OH excluding ortho intramolecular Hbond substituents is 3. The standard InChI is InChI=1S/C17H18O3.C16H22O3.C7H8O/c1-12(2)14-9-7-13(8-10-14)11-20-17(19)15-5-3-4-6-16(15)18;1-11-8-12(10-16(2,3)9-11)19-15(18)13-6-4-5-7-14(13)17;1-6-4-2-3-5-7(6)8/h3-10,12,18H,11H2,1-2H3;4-7,11-12,17H,8-10H2,1-3H3;2-5,8H,1H3. The van der Waals surface area contributed by atoms with Crippen molar-refractivity contribution in [2.75, 3.05) is 0 Å². The molecule has 7 nitrogen and oxygen atoms in total. The number of carbonyl (C=O) groups is 2. The zero-order chi connectivity index (χ0) is 34.6. The lowest BCUT2D eigenvalue weighted by Crippen LogP contribution is -2.34. The van der Waals surface area contributed by atoms with Gasteiger partial charge in [0, 0.05) is 0 Å². The third kappa shape index (κ3) is 11.8. The first-order valence-corrected chi connectivity index (χ1v) is 16.0. The molecule has 2 unspecified atom stereocenters. The molecule has 4 aromatic carbocycles. The van der Waals surface area contributed by atoms with Gasteiger partial charge in [-0.05, 0) is 90.5 Å². The molecule has 0 amide bonds. The lowest BCUT2D eigenvalue weighted by molar-refractivity contribution is -0.00736. The minimum atomic E-state index is -0.518. The van der Waals surface area contributed by atoms with Crippen LogP contribution in [0, 0.1) is 18.3 Å². The monoisotopic (exact) mass is 640 g/mol. The van der Waals surface area contributed by atoms with Crippen LogP contribution in [0.5, 0.6) is 17.2 Å². The van der Waals surface area contributed by atoms with Crippen molar-refractivity contribution >= 4 is 11.9 Å². The van der Waals surface area contributed by atoms with E-state index < -0.39 is 11.9 Å². The van der Waals surface area contributed by atoms with Crippen molar-refractivity contribution in [2.45, 2.75) is 79.4 Å². The van der Waals surface area contributed by atoms with Crippen molar-refractivity contribution in [1.29, 1.82) is 0 Å². The number of aromatic hydroxyl groups is 3. The lowest BCUT2D eigenvalue weighted by atomic mass is 9.71. The summed E-state index contributed by atoms with van der Waals surface area (Å²) in [6.45, 7) is 13.0. The van der Waals surface area contributed by atoms with Gasteiger partial charge in [0.05, 0.1) is 0 Å². The van der Waals surface area contributed by atoms with Crippen molar-refractivity contribution in [1.82, 2.24) is 0 Å². The van der Waals surface area contributed by atoms with Crippen molar-refractivity contribution in [3.05, 3.63) is 125 Å². The number of hydrogen-bond donors (Lipinski definition) is 3. The zero-order valence-electron chi connectivity index (χ0n) is 28.3. The summed E-state index contributed by atoms with van der Waals surface area (Å²) in [4.78, 5) is 23.9. The molecule has 0 spiro atoms. The Hall–Kier alpha value is -4.78. The summed E-state index contributed by atoms with van der Waals surface area (Å²) in [6, 6.07) is 28.1. The minimum Gasteiger partial charge on any atom is -0.508 e. The van der Waals surface area contributed by atoms with Gasteiger partial charge in [0.2, 0.25) is 0 Å². The van der Waals surface area contributed by atoms with Gasteiger partial charge in [0.25, 0.3) is 0 Å². The molecule has 0 aliphatic heterocycles. The van der Waals surface area contributed by atoms with Gasteiger partial charge in [-0.15, -0.1) is 0 Å². The van der Waals surface area contributed by atoms with Crippen LogP contribution in [0.3, 0.4) is 0 Å². The normalized spacial score (nSPS) is 16.5. The van der Waals surface area contributed by atoms with Crippen molar-refractivity contribution in [3.63, 3.8) is 0 Å². The molecule has 0 bridgehead atoms. The van der Waals surface area contributed by atoms with Gasteiger partial charge in [-0.2, -0.15) is 0 Å². The smallest absolute Gasteiger partial charge is 0.342 e. The minimum absolute atomic E-state index is 0.0179. The van der Waals surface area contributed by atoms with E-state index in [1.165, 1.54) is 17.7 Å². The summed E-state index contributed by atoms with van der Waals surface area (Å²) < 4.78 is 10.8. The Labute approximate surface area is 278 Å². The molecule has 1 aliphatic carbocycles. The number of rotatable bonds is 6. The maximum atomic E-state index is 12.1. The van der Waals surface area contributed by atoms with Crippen LogP contribution in [-0.2, 0) is 16.1 Å². The van der Waals surface area contributed by atoms with E-state index in [1.807, 2.05) is 49.4 Å². The van der Waals surface area contributed by atoms with Crippen LogP contribution >= 0.6 is 0 Å². The second-order valence-corrected chi connectivity index (χ2v) is 13.2. The molecule has 2 atom stereocenters. The number of phenols is 3. The SMILES string of the molecule is CC(C)c1ccc(COC(=O)c2ccccc2O)cc1.CC1CC(OC(=O)c2ccccc2O)CC(C)(C)C1.Cc1ccccc1O. The second kappa shape index (κ2) is 17.2. The summed E-state index contributed by atoms with van der Waals surface area (Å²) in [5, 5.41) is 28.2. The van der Waals surface area contributed by atoms with E-state index >= 15 is 0 Å². The fraction of sp³-hybridized carbons (Fsp3) is 0.350. The first-order valence-electron chi connectivity index (χ1n) is 16.0. The molecule has 0 heterocycles. The number of ether oxygens (including phenoxy) is 2. The fourth-order valence-electron chi connectivity index (χ4n) is 5.64. The fourth-order valence-corrected chi connectivity index (χ4v) is 5.64. The van der Waals surface area contributed by atoms with Gasteiger partial charge in [-0.3, -0.25) is 0 Å². The molecule has 47 heavy (non-hydrogen) atoms. The third-order valence-corrected chi connectivity index (χ3v) is 8.00. The molecule has 4 aromatic rings. The first-order chi connectivity index (χ1) is 22.3. The van der Waals surface area contributed by atoms with E-state index in [-0.39, 0.29) is 40.8 Å². The maximum absolute atomic E-state index is 12.1. The molecule has 5 rings (SSSR count). The Morgan fingerprint density at radius 3 is 1.72 bits per heavy atom. The topological polar surface area (TPSA) is 113 Å². The van der Waals surface area contributed by atoms with E-state index in [0.29, 0.717) is 17.6 Å². The van der Waals surface area contributed by atoms with Crippen molar-refractivity contribution in [2.24, 2.45) is 11.3 Å². The second-order valence-electron chi connectivity index (χ2n) is 13.2. The van der Waals surface area contributed by atoms with Crippen LogP contribution in [0.25, 0.3) is 0 Å². The number of hydrogen-bond acceptors (Lipinski definition) is 7. The summed E-state index contributed by atoms with van der Waals surface area (Å²) in [7, 11) is 0. The third-order valence-electron chi connectivity index (χ3n) is 8.00. The zero-order valence-corrected chi connectivity index (χ0v) is 28.3. The predicted molar refractivity (Wildman–Crippen MR) is 185 cm³/mol. The Bertz CT molecular complexity index is 1570. The Balaban J connectivity index is 0.000000208. The van der Waals surface area contributed by atoms with E-state index in [9.17, 15) is 19.8 Å². The van der Waals surface area contributed by atoms with Crippen LogP contribution in [0.15, 0.2) is 97.1 Å². The average molecular weight is 641 g/mol. The van der Waals surface area contributed by atoms with Crippen molar-refractivity contribution < 1.29 is 34.4 Å². The highest BCUT2D eigenvalue weighted by molar-refractivity contribution is 5.92. The van der Waals surface area contributed by atoms with E-state index in [0.717, 1.165) is 30.4 Å². The van der Waals surface area contributed by atoms with Gasteiger partial charge >= 0.3 is 11.9 Å². The summed E-state index contributed by atoms with van der Waals surface area (Å²) in [5.41, 5.74) is 3.75. The summed E-state index contributed by atoms with van der Waals surface area (Å²) >= 11 is 0. The van der Waals surface area contributed by atoms with E-state index in [4.69, 9.17) is 14.6 Å². The molecule has 7 heteroatoms. The summed E-state index contributed by atoms with van der Waals surface area (Å²) in [5.74, 6) is 0.388. The summed E-state index contributed by atoms with van der Waals surface area (Å²) in [6.07, 6.45) is 2.91. The van der Waals surface area contributed by atoms with E-state index in [1.54, 1.807) is 42.5 Å². The van der Waals surface area contributed by atoms with Crippen LogP contribution in [0.4, 0.5) is 0 Å². The first kappa shape index (κ1) is 36.7. The molecule has 1 fully saturated rings. The molecule has 3 N–H and O–H groups in total. The highest BCUT2D eigenvalue weighted by atomic mass is 16.5. The maximum Gasteiger partial charge on any atom is 0.342 e. The molecule has 0 aromatic heterocycles. The number of carbonyl (C=O) groups excluding carboxylic acids is 2. The molecule has 0 radical (unpaired) electrons. The molecule has 1 saturated carbocycles. The molecule has 1 aliphatic rings. The highest BCUT2D eigenvalue weighted by Gasteiger charge is 2.34. The van der Waals surface area contributed by atoms with Gasteiger partial charge in [-0.25, -0.2) is 9.59 Å². The lowest BCUT2D eigenvalue weighted by Gasteiger charge is -2.38. The predicted octanol–water partition coefficient (Wildman–Crippen LogP) is 9.34. The Kier molecular flexibility index (Phi) is 13.4. The quantitative estimate of drug-likeness (QED) is 0.180. The molecule has 0 saturated heterocycles. The van der Waals surface area contributed by atoms with Crippen LogP contribution < -0.4 is 0 Å². The largest absolute Gasteiger partial charge is 0.508 e. The highest BCUT2D eigenvalue weighted by Crippen LogP contribution is 2.40.